The van der Waals surface area contributed by atoms with Crippen molar-refractivity contribution in [2.75, 3.05) is 39.4 Å². The molecule has 2 aromatic rings. The number of rotatable bonds is 4. The maximum Gasteiger partial charge on any atom is 0.269 e. The van der Waals surface area contributed by atoms with Gasteiger partial charge < -0.3 is 15.4 Å². The molecule has 3 N–H and O–H groups in total. The Bertz CT molecular complexity index is 841. The third kappa shape index (κ3) is 3.17. The summed E-state index contributed by atoms with van der Waals surface area (Å²) in [5.41, 5.74) is 8.59. The molecule has 0 saturated carbocycles. The van der Waals surface area contributed by atoms with Crippen LogP contribution in [-0.4, -0.2) is 71.2 Å². The van der Waals surface area contributed by atoms with Gasteiger partial charge >= 0.3 is 0 Å². The quantitative estimate of drug-likeness (QED) is 0.817. The molecule has 2 aliphatic rings. The molecule has 0 aliphatic carbocycles. The maximum absolute atomic E-state index is 12.6. The van der Waals surface area contributed by atoms with Crippen LogP contribution in [0.3, 0.4) is 0 Å². The predicted octanol–water partition coefficient (Wildman–Crippen LogP) is 0.269. The summed E-state index contributed by atoms with van der Waals surface area (Å²) in [6.07, 6.45) is 1.15. The number of carbonyl (C=O) groups is 2. The molecule has 0 atom stereocenters. The fourth-order valence-electron chi connectivity index (χ4n) is 3.79. The third-order valence-corrected chi connectivity index (χ3v) is 5.27. The van der Waals surface area contributed by atoms with Crippen molar-refractivity contribution >= 4 is 22.7 Å². The Morgan fingerprint density at radius 3 is 2.81 bits per heavy atom. The highest BCUT2D eigenvalue weighted by Crippen LogP contribution is 2.29. The molecule has 1 aromatic carbocycles. The number of nitrogens with two attached hydrogens (primary N) is 1. The van der Waals surface area contributed by atoms with Gasteiger partial charge in [0, 0.05) is 44.5 Å². The van der Waals surface area contributed by atoms with Crippen LogP contribution in [0.5, 0.6) is 0 Å². The molecule has 138 valence electrons. The van der Waals surface area contributed by atoms with E-state index in [0.717, 1.165) is 54.9 Å². The van der Waals surface area contributed by atoms with E-state index in [1.807, 2.05) is 17.0 Å². The van der Waals surface area contributed by atoms with E-state index in [2.05, 4.69) is 15.1 Å². The molecule has 8 nitrogen and oxygen atoms in total. The van der Waals surface area contributed by atoms with E-state index in [9.17, 15) is 9.59 Å². The number of benzene rings is 1. The van der Waals surface area contributed by atoms with Crippen LogP contribution in [0, 0.1) is 0 Å². The van der Waals surface area contributed by atoms with Gasteiger partial charge in [-0.15, -0.1) is 0 Å². The van der Waals surface area contributed by atoms with Gasteiger partial charge in [-0.05, 0) is 23.6 Å². The zero-order chi connectivity index (χ0) is 18.1. The normalized spacial score (nSPS) is 18.8. The summed E-state index contributed by atoms with van der Waals surface area (Å²) in [6.45, 7) is 5.26. The minimum Gasteiger partial charge on any atom is -0.379 e. The van der Waals surface area contributed by atoms with Crippen LogP contribution in [0.2, 0.25) is 0 Å². The number of primary amides is 1. The highest BCUT2D eigenvalue weighted by atomic mass is 16.5. The van der Waals surface area contributed by atoms with Crippen LogP contribution >= 0.6 is 0 Å². The first-order valence-electron chi connectivity index (χ1n) is 9.00. The number of nitrogens with zero attached hydrogens (tertiary/aromatic N) is 3. The monoisotopic (exact) mass is 357 g/mol. The molecule has 0 unspecified atom stereocenters. The Morgan fingerprint density at radius 2 is 2.04 bits per heavy atom. The second-order valence-electron chi connectivity index (χ2n) is 6.83. The first kappa shape index (κ1) is 17.0. The highest BCUT2D eigenvalue weighted by molar-refractivity contribution is 6.05. The number of H-pyrrole nitrogens is 1. The molecule has 4 rings (SSSR count). The standard InChI is InChI=1S/C18H23N5O3/c19-18(25)17-16-13-11-23(6-5-22-7-9-26-10-8-22)15(24)4-2-12(13)1-3-14(16)20-21-17/h1,3H,2,4-11H2,(H2,19,25)(H,20,21). The van der Waals surface area contributed by atoms with Crippen LogP contribution in [0.25, 0.3) is 10.9 Å². The molecule has 1 saturated heterocycles. The molecule has 2 amide bonds. The number of carbonyl (C=O) groups excluding carboxylic acids is 2. The fourth-order valence-corrected chi connectivity index (χ4v) is 3.79. The number of fused-ring (bicyclic) bond motifs is 3. The van der Waals surface area contributed by atoms with Crippen LogP contribution < -0.4 is 5.73 Å². The van der Waals surface area contributed by atoms with Crippen LogP contribution in [-0.2, 0) is 22.5 Å². The van der Waals surface area contributed by atoms with Gasteiger partial charge in [0.15, 0.2) is 5.69 Å². The minimum atomic E-state index is -0.555. The predicted molar refractivity (Wildman–Crippen MR) is 95.6 cm³/mol. The lowest BCUT2D eigenvalue weighted by atomic mass is 9.98. The molecular weight excluding hydrogens is 334 g/mol. The van der Waals surface area contributed by atoms with Crippen LogP contribution in [0.1, 0.15) is 28.0 Å². The summed E-state index contributed by atoms with van der Waals surface area (Å²) in [7, 11) is 0. The number of aromatic nitrogens is 2. The number of amides is 2. The summed E-state index contributed by atoms with van der Waals surface area (Å²) in [5.74, 6) is -0.410. The van der Waals surface area contributed by atoms with E-state index in [4.69, 9.17) is 10.5 Å². The van der Waals surface area contributed by atoms with Crippen molar-refractivity contribution in [3.63, 3.8) is 0 Å². The second-order valence-corrected chi connectivity index (χ2v) is 6.83. The average Bonchev–Trinajstić information content (AvgIpc) is 3.02. The zero-order valence-corrected chi connectivity index (χ0v) is 14.7. The third-order valence-electron chi connectivity index (χ3n) is 5.27. The molecule has 1 aromatic heterocycles. The van der Waals surface area contributed by atoms with Crippen molar-refractivity contribution in [2.45, 2.75) is 19.4 Å². The van der Waals surface area contributed by atoms with Crippen LogP contribution in [0.15, 0.2) is 12.1 Å². The summed E-state index contributed by atoms with van der Waals surface area (Å²) >= 11 is 0. The van der Waals surface area contributed by atoms with Crippen molar-refractivity contribution in [1.29, 1.82) is 0 Å². The molecule has 2 aliphatic heterocycles. The molecule has 26 heavy (non-hydrogen) atoms. The zero-order valence-electron chi connectivity index (χ0n) is 14.7. The van der Waals surface area contributed by atoms with E-state index in [1.165, 1.54) is 0 Å². The van der Waals surface area contributed by atoms with Gasteiger partial charge in [0.25, 0.3) is 5.91 Å². The molecule has 0 spiro atoms. The second kappa shape index (κ2) is 7.05. The first-order valence-corrected chi connectivity index (χ1v) is 9.00. The summed E-state index contributed by atoms with van der Waals surface area (Å²) < 4.78 is 5.38. The molecule has 3 heterocycles. The van der Waals surface area contributed by atoms with Gasteiger partial charge in [0.05, 0.1) is 18.7 Å². The van der Waals surface area contributed by atoms with Crippen molar-refractivity contribution in [2.24, 2.45) is 5.73 Å². The number of hydrogen-bond acceptors (Lipinski definition) is 5. The Balaban J connectivity index is 1.62. The van der Waals surface area contributed by atoms with E-state index < -0.39 is 5.91 Å². The summed E-state index contributed by atoms with van der Waals surface area (Å²) in [6, 6.07) is 3.92. The molecule has 0 bridgehead atoms. The van der Waals surface area contributed by atoms with Gasteiger partial charge in [0.1, 0.15) is 0 Å². The average molecular weight is 357 g/mol. The Morgan fingerprint density at radius 1 is 1.23 bits per heavy atom. The number of nitrogens with one attached hydrogen (secondary N) is 1. The number of aryl methyl sites for hydroxylation is 1. The van der Waals surface area contributed by atoms with Gasteiger partial charge in [0.2, 0.25) is 5.91 Å². The largest absolute Gasteiger partial charge is 0.379 e. The molecule has 0 radical (unpaired) electrons. The topological polar surface area (TPSA) is 105 Å². The molecule has 8 heteroatoms. The number of hydrogen-bond donors (Lipinski definition) is 2. The molecule has 1 fully saturated rings. The number of ether oxygens (including phenoxy) is 1. The smallest absolute Gasteiger partial charge is 0.269 e. The van der Waals surface area contributed by atoms with E-state index in [0.29, 0.717) is 25.9 Å². The maximum atomic E-state index is 12.6. The highest BCUT2D eigenvalue weighted by Gasteiger charge is 2.25. The van der Waals surface area contributed by atoms with Crippen molar-refractivity contribution in [1.82, 2.24) is 20.0 Å². The number of morpholine rings is 1. The lowest BCUT2D eigenvalue weighted by Crippen LogP contribution is -2.42. The molecular formula is C18H23N5O3. The summed E-state index contributed by atoms with van der Waals surface area (Å²) in [5, 5.41) is 7.70. The van der Waals surface area contributed by atoms with Gasteiger partial charge in [-0.3, -0.25) is 19.6 Å². The van der Waals surface area contributed by atoms with Crippen molar-refractivity contribution < 1.29 is 14.3 Å². The lowest BCUT2D eigenvalue weighted by molar-refractivity contribution is -0.131. The lowest BCUT2D eigenvalue weighted by Gasteiger charge is -2.29. The van der Waals surface area contributed by atoms with Crippen molar-refractivity contribution in [3.8, 4) is 0 Å². The summed E-state index contributed by atoms with van der Waals surface area (Å²) in [4.78, 5) is 28.6. The van der Waals surface area contributed by atoms with Gasteiger partial charge in [-0.2, -0.15) is 5.10 Å². The first-order chi connectivity index (χ1) is 12.6. The minimum absolute atomic E-state index is 0.145. The Hall–Kier alpha value is -2.45. The fraction of sp³-hybridized carbons (Fsp3) is 0.500. The van der Waals surface area contributed by atoms with E-state index in [1.54, 1.807) is 0 Å². The van der Waals surface area contributed by atoms with Crippen molar-refractivity contribution in [3.05, 3.63) is 29.0 Å². The van der Waals surface area contributed by atoms with Gasteiger partial charge in [-0.25, -0.2) is 0 Å². The Labute approximate surface area is 151 Å². The van der Waals surface area contributed by atoms with E-state index >= 15 is 0 Å². The Kier molecular flexibility index (Phi) is 4.60. The van der Waals surface area contributed by atoms with Gasteiger partial charge in [-0.1, -0.05) is 6.07 Å². The van der Waals surface area contributed by atoms with Crippen LogP contribution in [0.4, 0.5) is 0 Å². The number of aromatic amines is 1. The SMILES string of the molecule is NC(=O)c1n[nH]c2ccc3c(c12)CN(CCN1CCOCC1)C(=O)CC3. The van der Waals surface area contributed by atoms with E-state index in [-0.39, 0.29) is 11.6 Å².